The van der Waals surface area contributed by atoms with E-state index in [1.807, 2.05) is 0 Å². The first-order valence-electron chi connectivity index (χ1n) is 12.2. The molecular formula is C27H31FN6O2. The number of fused-ring (bicyclic) bond motifs is 1. The van der Waals surface area contributed by atoms with Gasteiger partial charge >= 0.3 is 5.69 Å². The van der Waals surface area contributed by atoms with Crippen LogP contribution in [0.25, 0.3) is 11.2 Å². The fourth-order valence-corrected chi connectivity index (χ4v) is 4.75. The maximum atomic E-state index is 14.5. The van der Waals surface area contributed by atoms with Crippen LogP contribution in [0.15, 0.2) is 58.1 Å². The summed E-state index contributed by atoms with van der Waals surface area (Å²) >= 11 is 0. The fourth-order valence-electron chi connectivity index (χ4n) is 4.75. The van der Waals surface area contributed by atoms with E-state index in [4.69, 9.17) is 4.98 Å². The third-order valence-corrected chi connectivity index (χ3v) is 6.93. The van der Waals surface area contributed by atoms with Gasteiger partial charge < -0.3 is 9.80 Å². The molecule has 0 unspecified atom stereocenters. The average Bonchev–Trinajstić information content (AvgIpc) is 3.23. The van der Waals surface area contributed by atoms with Crippen LogP contribution < -0.4 is 21.0 Å². The molecule has 0 saturated carbocycles. The highest BCUT2D eigenvalue weighted by molar-refractivity contribution is 5.74. The zero-order valence-electron chi connectivity index (χ0n) is 21.1. The van der Waals surface area contributed by atoms with Crippen molar-refractivity contribution >= 4 is 22.8 Å². The number of halogens is 1. The Morgan fingerprint density at radius 1 is 0.944 bits per heavy atom. The predicted octanol–water partition coefficient (Wildman–Crippen LogP) is 3.23. The van der Waals surface area contributed by atoms with E-state index in [0.29, 0.717) is 24.6 Å². The monoisotopic (exact) mass is 490 g/mol. The molecule has 2 aromatic heterocycles. The summed E-state index contributed by atoms with van der Waals surface area (Å²) in [7, 11) is 1.57. The Morgan fingerprint density at radius 3 is 2.22 bits per heavy atom. The van der Waals surface area contributed by atoms with Crippen LogP contribution in [-0.4, -0.2) is 45.3 Å². The van der Waals surface area contributed by atoms with E-state index in [2.05, 4.69) is 59.8 Å². The van der Waals surface area contributed by atoms with Gasteiger partial charge in [-0.05, 0) is 29.2 Å². The zero-order valence-corrected chi connectivity index (χ0v) is 21.1. The number of H-pyrrole nitrogens is 1. The van der Waals surface area contributed by atoms with E-state index >= 15 is 0 Å². The molecule has 1 fully saturated rings. The lowest BCUT2D eigenvalue weighted by molar-refractivity contribution is 0.588. The molecule has 3 heterocycles. The van der Waals surface area contributed by atoms with Crippen molar-refractivity contribution in [2.45, 2.75) is 32.7 Å². The molecule has 1 aliphatic heterocycles. The summed E-state index contributed by atoms with van der Waals surface area (Å²) in [6.07, 6.45) is 0. The zero-order chi connectivity index (χ0) is 25.6. The summed E-state index contributed by atoms with van der Waals surface area (Å²) in [5.41, 5.74) is 2.50. The van der Waals surface area contributed by atoms with Gasteiger partial charge in [0.05, 0.1) is 6.54 Å². The molecule has 0 aliphatic carbocycles. The van der Waals surface area contributed by atoms with E-state index < -0.39 is 11.2 Å². The Kier molecular flexibility index (Phi) is 5.94. The number of nitrogens with one attached hydrogen (secondary N) is 1. The van der Waals surface area contributed by atoms with Crippen molar-refractivity contribution < 1.29 is 4.39 Å². The topological polar surface area (TPSA) is 79.2 Å². The number of hydrogen-bond donors (Lipinski definition) is 1. The second-order valence-electron chi connectivity index (χ2n) is 10.4. The van der Waals surface area contributed by atoms with Crippen LogP contribution in [0.5, 0.6) is 0 Å². The van der Waals surface area contributed by atoms with Crippen LogP contribution in [0.1, 0.15) is 31.9 Å². The summed E-state index contributed by atoms with van der Waals surface area (Å²) in [6, 6.07) is 15.2. The normalized spacial score (nSPS) is 14.6. The standard InChI is InChI=1S/C27H31FN6O2/c1-27(2,3)19-9-11-20(12-10-19)32-13-15-33(16-14-32)25-29-23-22(24(35)30-26(36)31(23)4)34(25)17-18-7-5-6-8-21(18)28/h5-12H,13-17H2,1-4H3,(H,30,35,36). The molecule has 1 saturated heterocycles. The highest BCUT2D eigenvalue weighted by Gasteiger charge is 2.26. The number of anilines is 2. The van der Waals surface area contributed by atoms with Crippen molar-refractivity contribution in [2.24, 2.45) is 7.05 Å². The number of benzene rings is 2. The smallest absolute Gasteiger partial charge is 0.329 e. The molecule has 0 bridgehead atoms. The van der Waals surface area contributed by atoms with Crippen molar-refractivity contribution in [3.8, 4) is 0 Å². The number of rotatable bonds is 4. The van der Waals surface area contributed by atoms with Gasteiger partial charge in [0.25, 0.3) is 5.56 Å². The van der Waals surface area contributed by atoms with Crippen molar-refractivity contribution in [1.29, 1.82) is 0 Å². The molecule has 1 aliphatic rings. The first kappa shape index (κ1) is 23.8. The van der Waals surface area contributed by atoms with Crippen LogP contribution in [0.4, 0.5) is 16.0 Å². The molecule has 5 rings (SSSR count). The van der Waals surface area contributed by atoms with Gasteiger partial charge in [-0.25, -0.2) is 9.18 Å². The van der Waals surface area contributed by atoms with Crippen molar-refractivity contribution in [1.82, 2.24) is 19.1 Å². The van der Waals surface area contributed by atoms with Gasteiger partial charge in [0.1, 0.15) is 5.82 Å². The quantitative estimate of drug-likeness (QED) is 0.475. The van der Waals surface area contributed by atoms with Crippen molar-refractivity contribution in [3.05, 3.63) is 86.3 Å². The van der Waals surface area contributed by atoms with Crippen molar-refractivity contribution in [2.75, 3.05) is 36.0 Å². The number of aryl methyl sites for hydroxylation is 1. The van der Waals surface area contributed by atoms with Crippen LogP contribution in [0, 0.1) is 5.82 Å². The molecule has 0 atom stereocenters. The number of piperazine rings is 1. The minimum atomic E-state index is -0.530. The molecule has 188 valence electrons. The lowest BCUT2D eigenvalue weighted by Gasteiger charge is -2.37. The summed E-state index contributed by atoms with van der Waals surface area (Å²) < 4.78 is 17.6. The minimum absolute atomic E-state index is 0.104. The Morgan fingerprint density at radius 2 is 1.58 bits per heavy atom. The number of imidazole rings is 1. The first-order valence-corrected chi connectivity index (χ1v) is 12.2. The van der Waals surface area contributed by atoms with Gasteiger partial charge in [0, 0.05) is 44.5 Å². The van der Waals surface area contributed by atoms with E-state index in [0.717, 1.165) is 13.1 Å². The van der Waals surface area contributed by atoms with E-state index in [1.54, 1.807) is 29.8 Å². The molecule has 8 nitrogen and oxygen atoms in total. The van der Waals surface area contributed by atoms with Gasteiger partial charge in [-0.2, -0.15) is 4.98 Å². The second-order valence-corrected chi connectivity index (χ2v) is 10.4. The molecule has 9 heteroatoms. The third-order valence-electron chi connectivity index (χ3n) is 6.93. The Hall–Kier alpha value is -3.88. The summed E-state index contributed by atoms with van der Waals surface area (Å²) in [5, 5.41) is 0. The van der Waals surface area contributed by atoms with Crippen LogP contribution >= 0.6 is 0 Å². The van der Waals surface area contributed by atoms with Gasteiger partial charge in [-0.1, -0.05) is 51.1 Å². The molecule has 0 amide bonds. The van der Waals surface area contributed by atoms with Crippen molar-refractivity contribution in [3.63, 3.8) is 0 Å². The first-order chi connectivity index (χ1) is 17.1. The fraction of sp³-hybridized carbons (Fsp3) is 0.370. The number of hydrogen-bond acceptors (Lipinski definition) is 5. The average molecular weight is 491 g/mol. The van der Waals surface area contributed by atoms with Crippen LogP contribution in [0.3, 0.4) is 0 Å². The maximum absolute atomic E-state index is 14.5. The highest BCUT2D eigenvalue weighted by atomic mass is 19.1. The van der Waals surface area contributed by atoms with E-state index in [9.17, 15) is 14.0 Å². The predicted molar refractivity (Wildman–Crippen MR) is 141 cm³/mol. The number of nitrogens with zero attached hydrogens (tertiary/aromatic N) is 5. The largest absolute Gasteiger partial charge is 0.368 e. The Balaban J connectivity index is 1.47. The SMILES string of the molecule is Cn1c(=O)[nH]c(=O)c2c1nc(N1CCN(c3ccc(C(C)(C)C)cc3)CC1)n2Cc1ccccc1F. The molecule has 4 aromatic rings. The number of aromatic amines is 1. The highest BCUT2D eigenvalue weighted by Crippen LogP contribution is 2.27. The second kappa shape index (κ2) is 8.96. The lowest BCUT2D eigenvalue weighted by atomic mass is 9.87. The van der Waals surface area contributed by atoms with E-state index in [-0.39, 0.29) is 28.9 Å². The molecule has 0 radical (unpaired) electrons. The van der Waals surface area contributed by atoms with Gasteiger partial charge in [0.15, 0.2) is 11.2 Å². The molecular weight excluding hydrogens is 459 g/mol. The summed E-state index contributed by atoms with van der Waals surface area (Å²) in [6.45, 7) is 9.63. The van der Waals surface area contributed by atoms with Crippen LogP contribution in [-0.2, 0) is 19.0 Å². The van der Waals surface area contributed by atoms with Gasteiger partial charge in [-0.15, -0.1) is 0 Å². The lowest BCUT2D eigenvalue weighted by Crippen LogP contribution is -2.47. The van der Waals surface area contributed by atoms with Gasteiger partial charge in [0.2, 0.25) is 5.95 Å². The number of aromatic nitrogens is 4. The maximum Gasteiger partial charge on any atom is 0.329 e. The minimum Gasteiger partial charge on any atom is -0.368 e. The molecule has 36 heavy (non-hydrogen) atoms. The Bertz CT molecular complexity index is 1520. The van der Waals surface area contributed by atoms with Crippen LogP contribution in [0.2, 0.25) is 0 Å². The van der Waals surface area contributed by atoms with E-state index in [1.165, 1.54) is 21.9 Å². The molecule has 2 aromatic carbocycles. The molecule has 1 N–H and O–H groups in total. The Labute approximate surface area is 208 Å². The summed E-state index contributed by atoms with van der Waals surface area (Å²) in [4.78, 5) is 36.5. The molecule has 0 spiro atoms. The summed E-state index contributed by atoms with van der Waals surface area (Å²) in [5.74, 6) is 0.206. The van der Waals surface area contributed by atoms with Gasteiger partial charge in [-0.3, -0.25) is 18.9 Å². The third kappa shape index (κ3) is 4.29.